The van der Waals surface area contributed by atoms with Crippen LogP contribution < -0.4 is 14.8 Å². The molecule has 0 saturated heterocycles. The Kier molecular flexibility index (Phi) is 5.44. The highest BCUT2D eigenvalue weighted by Gasteiger charge is 2.24. The van der Waals surface area contributed by atoms with Crippen LogP contribution in [0, 0.1) is 0 Å². The second-order valence-corrected chi connectivity index (χ2v) is 4.55. The minimum absolute atomic E-state index is 0.497. The van der Waals surface area contributed by atoms with Gasteiger partial charge in [-0.1, -0.05) is 6.92 Å². The number of nitrogens with one attached hydrogen (secondary N) is 1. The summed E-state index contributed by atoms with van der Waals surface area (Å²) in [4.78, 5) is 0. The van der Waals surface area contributed by atoms with E-state index in [1.807, 2.05) is 12.1 Å². The van der Waals surface area contributed by atoms with Crippen LogP contribution in [-0.4, -0.2) is 32.4 Å². The molecule has 1 atom stereocenters. The van der Waals surface area contributed by atoms with Crippen LogP contribution >= 0.6 is 0 Å². The topological polar surface area (TPSA) is 50.7 Å². The highest BCUT2D eigenvalue weighted by atomic mass is 16.5. The van der Waals surface area contributed by atoms with Crippen molar-refractivity contribution in [2.75, 3.05) is 27.3 Å². The molecule has 18 heavy (non-hydrogen) atoms. The lowest BCUT2D eigenvalue weighted by Gasteiger charge is -2.25. The molecule has 0 heterocycles. The van der Waals surface area contributed by atoms with Crippen molar-refractivity contribution in [2.45, 2.75) is 25.9 Å². The second kappa shape index (κ2) is 6.61. The smallest absolute Gasteiger partial charge is 0.122 e. The number of hydrogen-bond donors (Lipinski definition) is 2. The number of aliphatic hydroxyl groups is 1. The van der Waals surface area contributed by atoms with E-state index in [-0.39, 0.29) is 0 Å². The Hall–Kier alpha value is -1.26. The van der Waals surface area contributed by atoms with Crippen molar-refractivity contribution in [1.29, 1.82) is 0 Å². The molecule has 0 spiro atoms. The fourth-order valence-corrected chi connectivity index (χ4v) is 1.73. The summed E-state index contributed by atoms with van der Waals surface area (Å²) < 4.78 is 10.4. The molecular weight excluding hydrogens is 230 g/mol. The molecule has 0 amide bonds. The number of methoxy groups -OCH3 is 2. The van der Waals surface area contributed by atoms with Gasteiger partial charge in [0.05, 0.1) is 19.8 Å². The summed E-state index contributed by atoms with van der Waals surface area (Å²) in [6.45, 7) is 5.26. The zero-order valence-corrected chi connectivity index (χ0v) is 11.6. The highest BCUT2D eigenvalue weighted by Crippen LogP contribution is 2.29. The molecule has 0 aliphatic heterocycles. The van der Waals surface area contributed by atoms with Crippen molar-refractivity contribution < 1.29 is 14.6 Å². The van der Waals surface area contributed by atoms with E-state index in [0.717, 1.165) is 18.5 Å². The van der Waals surface area contributed by atoms with Crippen LogP contribution in [0.15, 0.2) is 18.2 Å². The van der Waals surface area contributed by atoms with Gasteiger partial charge < -0.3 is 19.9 Å². The molecule has 2 N–H and O–H groups in total. The van der Waals surface area contributed by atoms with Crippen LogP contribution in [0.25, 0.3) is 0 Å². The van der Waals surface area contributed by atoms with E-state index < -0.39 is 5.60 Å². The number of ether oxygens (including phenoxy) is 2. The van der Waals surface area contributed by atoms with Crippen LogP contribution in [0.2, 0.25) is 0 Å². The lowest BCUT2D eigenvalue weighted by Crippen LogP contribution is -2.35. The Bertz CT molecular complexity index is 355. The van der Waals surface area contributed by atoms with E-state index in [1.165, 1.54) is 0 Å². The summed E-state index contributed by atoms with van der Waals surface area (Å²) >= 11 is 0. The van der Waals surface area contributed by atoms with Crippen LogP contribution in [0.5, 0.6) is 11.5 Å². The molecule has 0 fully saturated rings. The SMILES string of the molecule is CCCNCC(C)(O)c1cc(OC)cc(OC)c1. The first kappa shape index (κ1) is 14.8. The first-order chi connectivity index (χ1) is 8.53. The zero-order chi connectivity index (χ0) is 13.6. The Morgan fingerprint density at radius 3 is 2.17 bits per heavy atom. The van der Waals surface area contributed by atoms with E-state index in [1.54, 1.807) is 27.2 Å². The minimum Gasteiger partial charge on any atom is -0.497 e. The summed E-state index contributed by atoms with van der Waals surface area (Å²) in [5, 5.41) is 13.7. The fourth-order valence-electron chi connectivity index (χ4n) is 1.73. The first-order valence-corrected chi connectivity index (χ1v) is 6.20. The average molecular weight is 253 g/mol. The normalized spacial score (nSPS) is 14.1. The minimum atomic E-state index is -0.947. The molecule has 4 heteroatoms. The van der Waals surface area contributed by atoms with E-state index in [9.17, 15) is 5.11 Å². The average Bonchev–Trinajstić information content (AvgIpc) is 2.38. The monoisotopic (exact) mass is 253 g/mol. The molecule has 1 unspecified atom stereocenters. The highest BCUT2D eigenvalue weighted by molar-refractivity contribution is 5.40. The Balaban J connectivity index is 2.91. The molecule has 0 aromatic heterocycles. The number of benzene rings is 1. The van der Waals surface area contributed by atoms with Crippen molar-refractivity contribution in [3.63, 3.8) is 0 Å². The predicted octanol–water partition coefficient (Wildman–Crippen LogP) is 1.91. The lowest BCUT2D eigenvalue weighted by molar-refractivity contribution is 0.0567. The number of rotatable bonds is 7. The van der Waals surface area contributed by atoms with E-state index in [2.05, 4.69) is 12.2 Å². The van der Waals surface area contributed by atoms with Crippen molar-refractivity contribution >= 4 is 0 Å². The van der Waals surface area contributed by atoms with E-state index in [0.29, 0.717) is 18.0 Å². The molecular formula is C14H23NO3. The maximum atomic E-state index is 10.5. The van der Waals surface area contributed by atoms with Crippen LogP contribution in [0.1, 0.15) is 25.8 Å². The Morgan fingerprint density at radius 1 is 1.17 bits per heavy atom. The van der Waals surface area contributed by atoms with Crippen LogP contribution in [0.3, 0.4) is 0 Å². The summed E-state index contributed by atoms with van der Waals surface area (Å²) in [5.74, 6) is 1.36. The standard InChI is InChI=1S/C14H23NO3/c1-5-6-15-10-14(2,16)11-7-12(17-3)9-13(8-11)18-4/h7-9,15-16H,5-6,10H2,1-4H3. The van der Waals surface area contributed by atoms with Gasteiger partial charge in [0.1, 0.15) is 11.5 Å². The quantitative estimate of drug-likeness (QED) is 0.729. The summed E-state index contributed by atoms with van der Waals surface area (Å²) in [7, 11) is 3.20. The Morgan fingerprint density at radius 2 is 1.72 bits per heavy atom. The van der Waals surface area contributed by atoms with Gasteiger partial charge >= 0.3 is 0 Å². The van der Waals surface area contributed by atoms with Gasteiger partial charge in [-0.15, -0.1) is 0 Å². The number of hydrogen-bond acceptors (Lipinski definition) is 4. The molecule has 0 bridgehead atoms. The lowest BCUT2D eigenvalue weighted by atomic mass is 9.95. The molecule has 1 aromatic carbocycles. The third-order valence-corrected chi connectivity index (χ3v) is 2.87. The molecule has 0 aliphatic carbocycles. The summed E-state index contributed by atoms with van der Waals surface area (Å²) in [6, 6.07) is 5.45. The van der Waals surface area contributed by atoms with Crippen molar-refractivity contribution in [3.8, 4) is 11.5 Å². The molecule has 1 rings (SSSR count). The maximum Gasteiger partial charge on any atom is 0.122 e. The van der Waals surface area contributed by atoms with Gasteiger partial charge in [0.2, 0.25) is 0 Å². The molecule has 1 aromatic rings. The largest absolute Gasteiger partial charge is 0.497 e. The van der Waals surface area contributed by atoms with Gasteiger partial charge in [0.15, 0.2) is 0 Å². The van der Waals surface area contributed by atoms with Gasteiger partial charge in [0.25, 0.3) is 0 Å². The van der Waals surface area contributed by atoms with Crippen molar-refractivity contribution in [3.05, 3.63) is 23.8 Å². The van der Waals surface area contributed by atoms with E-state index >= 15 is 0 Å². The molecule has 4 nitrogen and oxygen atoms in total. The van der Waals surface area contributed by atoms with Gasteiger partial charge in [0, 0.05) is 12.6 Å². The molecule has 0 aliphatic rings. The predicted molar refractivity (Wildman–Crippen MR) is 72.3 cm³/mol. The second-order valence-electron chi connectivity index (χ2n) is 4.55. The van der Waals surface area contributed by atoms with Crippen molar-refractivity contribution in [2.24, 2.45) is 0 Å². The first-order valence-electron chi connectivity index (χ1n) is 6.20. The molecule has 102 valence electrons. The summed E-state index contributed by atoms with van der Waals surface area (Å²) in [5.41, 5.74) is -0.168. The van der Waals surface area contributed by atoms with Gasteiger partial charge in [-0.05, 0) is 37.6 Å². The van der Waals surface area contributed by atoms with Gasteiger partial charge in [-0.25, -0.2) is 0 Å². The molecule has 0 radical (unpaired) electrons. The molecule has 0 saturated carbocycles. The van der Waals surface area contributed by atoms with Crippen molar-refractivity contribution in [1.82, 2.24) is 5.32 Å². The van der Waals surface area contributed by atoms with E-state index in [4.69, 9.17) is 9.47 Å². The zero-order valence-electron chi connectivity index (χ0n) is 11.6. The third-order valence-electron chi connectivity index (χ3n) is 2.87. The van der Waals surface area contributed by atoms with Gasteiger partial charge in [-0.3, -0.25) is 0 Å². The van der Waals surface area contributed by atoms with Crippen LogP contribution in [-0.2, 0) is 5.60 Å². The van der Waals surface area contributed by atoms with Gasteiger partial charge in [-0.2, -0.15) is 0 Å². The summed E-state index contributed by atoms with van der Waals surface area (Å²) in [6.07, 6.45) is 1.04. The fraction of sp³-hybridized carbons (Fsp3) is 0.571. The maximum absolute atomic E-state index is 10.5. The van der Waals surface area contributed by atoms with Crippen LogP contribution in [0.4, 0.5) is 0 Å². The third kappa shape index (κ3) is 3.89. The Labute approximate surface area is 109 Å².